The van der Waals surface area contributed by atoms with Crippen LogP contribution in [0.3, 0.4) is 0 Å². The lowest BCUT2D eigenvalue weighted by Gasteiger charge is -2.29. The molecule has 0 saturated heterocycles. The molecule has 1 nitrogen and oxygen atoms in total. The molecule has 31 heavy (non-hydrogen) atoms. The van der Waals surface area contributed by atoms with Gasteiger partial charge in [-0.3, -0.25) is 0 Å². The van der Waals surface area contributed by atoms with E-state index >= 15 is 4.57 Å². The summed E-state index contributed by atoms with van der Waals surface area (Å²) in [6.07, 6.45) is 4.82. The first kappa shape index (κ1) is 20.5. The van der Waals surface area contributed by atoms with Crippen molar-refractivity contribution in [3.8, 4) is 0 Å². The van der Waals surface area contributed by atoms with Gasteiger partial charge in [-0.2, -0.15) is 0 Å². The molecule has 1 unspecified atom stereocenters. The molecule has 0 bridgehead atoms. The van der Waals surface area contributed by atoms with E-state index in [1.807, 2.05) is 72.0 Å². The number of hydrogen-bond donors (Lipinski definition) is 0. The zero-order valence-electron chi connectivity index (χ0n) is 17.8. The highest BCUT2D eigenvalue weighted by molar-refractivity contribution is 7.79. The second kappa shape index (κ2) is 8.61. The maximum absolute atomic E-state index is 15.3. The summed E-state index contributed by atoms with van der Waals surface area (Å²) in [7, 11) is -2.99. The first-order chi connectivity index (χ1) is 15.2. The van der Waals surface area contributed by atoms with Crippen molar-refractivity contribution in [3.05, 3.63) is 117 Å². The van der Waals surface area contributed by atoms with Gasteiger partial charge < -0.3 is 4.57 Å². The number of benzene rings is 3. The predicted octanol–water partition coefficient (Wildman–Crippen LogP) is 7.04. The molecule has 0 amide bonds. The topological polar surface area (TPSA) is 17.1 Å². The second-order valence-electron chi connectivity index (χ2n) is 8.45. The van der Waals surface area contributed by atoms with Crippen LogP contribution in [-0.4, -0.2) is 0 Å². The Morgan fingerprint density at radius 3 is 1.94 bits per heavy atom. The van der Waals surface area contributed by atoms with Crippen LogP contribution in [0.15, 0.2) is 91.0 Å². The Labute approximate surface area is 189 Å². The summed E-state index contributed by atoms with van der Waals surface area (Å²) in [5.74, 6) is 0. The normalized spacial score (nSPS) is 14.7. The minimum atomic E-state index is -2.99. The summed E-state index contributed by atoms with van der Waals surface area (Å²) in [6, 6.07) is 31.2. The summed E-state index contributed by atoms with van der Waals surface area (Å²) in [5, 5.41) is 1.86. The van der Waals surface area contributed by atoms with Crippen molar-refractivity contribution in [2.45, 2.75) is 38.3 Å². The van der Waals surface area contributed by atoms with E-state index in [0.717, 1.165) is 29.0 Å². The van der Waals surface area contributed by atoms with Crippen LogP contribution in [0.4, 0.5) is 0 Å². The molecule has 3 aromatic carbocycles. The molecule has 1 aromatic heterocycles. The van der Waals surface area contributed by atoms with E-state index in [1.165, 1.54) is 33.7 Å². The van der Waals surface area contributed by atoms with Gasteiger partial charge in [0.1, 0.15) is 0 Å². The highest BCUT2D eigenvalue weighted by atomic mass is 32.1. The van der Waals surface area contributed by atoms with E-state index in [2.05, 4.69) is 37.3 Å². The lowest BCUT2D eigenvalue weighted by Crippen LogP contribution is -2.21. The fourth-order valence-electron chi connectivity index (χ4n) is 4.70. The predicted molar refractivity (Wildman–Crippen MR) is 134 cm³/mol. The van der Waals surface area contributed by atoms with E-state index in [4.69, 9.17) is 0 Å². The highest BCUT2D eigenvalue weighted by Crippen LogP contribution is 2.61. The zero-order valence-corrected chi connectivity index (χ0v) is 19.5. The van der Waals surface area contributed by atoms with Crippen LogP contribution in [0.5, 0.6) is 0 Å². The standard InChI is InChI=1S/C28H27OPS/c1-21-16-18-22(19-17-21)28(27-20-23-10-8-9-15-26(23)31-27)30(29,24-11-4-2-5-12-24)25-13-6-3-7-14-25/h2-7,11-14,16-20,28H,8-10,15H2,1H3. The maximum Gasteiger partial charge on any atom is 0.155 e. The van der Waals surface area contributed by atoms with E-state index < -0.39 is 7.14 Å². The SMILES string of the molecule is Cc1ccc(C(c2cc3c(s2)CCCC3)P(=O)(c2ccccc2)c2ccccc2)cc1. The van der Waals surface area contributed by atoms with Crippen LogP contribution in [0.25, 0.3) is 0 Å². The smallest absolute Gasteiger partial charge is 0.155 e. The third-order valence-electron chi connectivity index (χ3n) is 6.32. The molecule has 0 N–H and O–H groups in total. The lowest BCUT2D eigenvalue weighted by molar-refractivity contribution is 0.583. The Balaban J connectivity index is 1.78. The Hall–Kier alpha value is -2.41. The molecule has 0 aliphatic heterocycles. The second-order valence-corrected chi connectivity index (χ2v) is 12.5. The van der Waals surface area contributed by atoms with Crippen molar-refractivity contribution >= 4 is 29.1 Å². The molecule has 1 aliphatic carbocycles. The molecular weight excluding hydrogens is 415 g/mol. The van der Waals surface area contributed by atoms with Gasteiger partial charge >= 0.3 is 0 Å². The van der Waals surface area contributed by atoms with Crippen molar-refractivity contribution in [1.82, 2.24) is 0 Å². The average Bonchev–Trinajstić information content (AvgIpc) is 3.25. The summed E-state index contributed by atoms with van der Waals surface area (Å²) in [6.45, 7) is 2.11. The average molecular weight is 443 g/mol. The van der Waals surface area contributed by atoms with Gasteiger partial charge in [-0.05, 0) is 49.8 Å². The van der Waals surface area contributed by atoms with Gasteiger partial charge in [-0.25, -0.2) is 0 Å². The van der Waals surface area contributed by atoms with Crippen LogP contribution in [0, 0.1) is 6.92 Å². The van der Waals surface area contributed by atoms with Crippen molar-refractivity contribution in [2.24, 2.45) is 0 Å². The van der Waals surface area contributed by atoms with Gasteiger partial charge in [-0.15, -0.1) is 11.3 Å². The molecule has 0 saturated carbocycles. The molecular formula is C28H27OPS. The van der Waals surface area contributed by atoms with E-state index in [0.29, 0.717) is 0 Å². The Bertz CT molecular complexity index is 1140. The summed E-state index contributed by atoms with van der Waals surface area (Å²) >= 11 is 1.89. The Morgan fingerprint density at radius 2 is 1.35 bits per heavy atom. The van der Waals surface area contributed by atoms with Crippen LogP contribution in [0.1, 0.15) is 44.9 Å². The van der Waals surface area contributed by atoms with Gasteiger partial charge in [0.2, 0.25) is 0 Å². The van der Waals surface area contributed by atoms with E-state index in [-0.39, 0.29) is 5.66 Å². The minimum Gasteiger partial charge on any atom is -0.313 e. The molecule has 0 spiro atoms. The molecule has 0 fully saturated rings. The van der Waals surface area contributed by atoms with Crippen molar-refractivity contribution < 1.29 is 4.57 Å². The highest BCUT2D eigenvalue weighted by Gasteiger charge is 2.40. The van der Waals surface area contributed by atoms with Gasteiger partial charge in [0.15, 0.2) is 7.14 Å². The van der Waals surface area contributed by atoms with E-state index in [9.17, 15) is 0 Å². The van der Waals surface area contributed by atoms with Crippen LogP contribution < -0.4 is 10.6 Å². The van der Waals surface area contributed by atoms with Gasteiger partial charge in [0.05, 0.1) is 5.66 Å². The molecule has 5 rings (SSSR count). The van der Waals surface area contributed by atoms with Gasteiger partial charge in [0, 0.05) is 20.4 Å². The van der Waals surface area contributed by atoms with Crippen LogP contribution >= 0.6 is 18.5 Å². The molecule has 1 heterocycles. The number of hydrogen-bond acceptors (Lipinski definition) is 2. The van der Waals surface area contributed by atoms with Crippen molar-refractivity contribution in [1.29, 1.82) is 0 Å². The van der Waals surface area contributed by atoms with Gasteiger partial charge in [-0.1, -0.05) is 90.5 Å². The first-order valence-corrected chi connectivity index (χ1v) is 13.6. The van der Waals surface area contributed by atoms with Crippen LogP contribution in [0.2, 0.25) is 0 Å². The van der Waals surface area contributed by atoms with Crippen molar-refractivity contribution in [3.63, 3.8) is 0 Å². The summed E-state index contributed by atoms with van der Waals surface area (Å²) in [5.41, 5.74) is 3.66. The fourth-order valence-corrected chi connectivity index (χ4v) is 9.72. The number of fused-ring (bicyclic) bond motifs is 1. The maximum atomic E-state index is 15.3. The zero-order chi connectivity index (χ0) is 21.3. The largest absolute Gasteiger partial charge is 0.313 e. The third kappa shape index (κ3) is 3.84. The molecule has 1 aliphatic rings. The van der Waals surface area contributed by atoms with Crippen LogP contribution in [-0.2, 0) is 17.4 Å². The molecule has 0 radical (unpaired) electrons. The molecule has 1 atom stereocenters. The third-order valence-corrected chi connectivity index (χ3v) is 11.2. The molecule has 3 heteroatoms. The number of rotatable bonds is 5. The number of aryl methyl sites for hydroxylation is 3. The lowest BCUT2D eigenvalue weighted by atomic mass is 9.98. The minimum absolute atomic E-state index is 0.173. The Kier molecular flexibility index (Phi) is 5.69. The molecule has 156 valence electrons. The van der Waals surface area contributed by atoms with E-state index in [1.54, 1.807) is 0 Å². The summed E-state index contributed by atoms with van der Waals surface area (Å²) in [4.78, 5) is 2.73. The monoisotopic (exact) mass is 442 g/mol. The summed E-state index contributed by atoms with van der Waals surface area (Å²) < 4.78 is 15.3. The van der Waals surface area contributed by atoms with Crippen molar-refractivity contribution in [2.75, 3.05) is 0 Å². The van der Waals surface area contributed by atoms with Gasteiger partial charge in [0.25, 0.3) is 0 Å². The number of thiophene rings is 1. The Morgan fingerprint density at radius 1 is 0.774 bits per heavy atom. The molecule has 4 aromatic rings. The quantitative estimate of drug-likeness (QED) is 0.303. The fraction of sp³-hybridized carbons (Fsp3) is 0.214. The first-order valence-electron chi connectivity index (χ1n) is 11.1.